The Morgan fingerprint density at radius 3 is 2.58 bits per heavy atom. The van der Waals surface area contributed by atoms with Crippen molar-refractivity contribution in [3.8, 4) is 0 Å². The minimum Gasteiger partial charge on any atom is -0.364 e. The van der Waals surface area contributed by atoms with Crippen LogP contribution in [0.25, 0.3) is 0 Å². The molecule has 4 heteroatoms. The van der Waals surface area contributed by atoms with Crippen molar-refractivity contribution in [3.63, 3.8) is 0 Å². The molecule has 0 aliphatic carbocycles. The van der Waals surface area contributed by atoms with E-state index in [0.717, 1.165) is 12.8 Å². The molecule has 19 heavy (non-hydrogen) atoms. The number of nitrogens with one attached hydrogen (secondary N) is 1. The van der Waals surface area contributed by atoms with Gasteiger partial charge in [0.25, 0.3) is 0 Å². The summed E-state index contributed by atoms with van der Waals surface area (Å²) in [6.07, 6.45) is 5.25. The summed E-state index contributed by atoms with van der Waals surface area (Å²) < 4.78 is 0. The van der Waals surface area contributed by atoms with Gasteiger partial charge in [-0.05, 0) is 32.3 Å². The standard InChI is InChI=1S/C15H18ClN3/c1-15(2,9-8-12-6-4-3-5-7-12)19-14-11-17-10-13(16)18-14/h3-7,10-11H,8-9H2,1-2H3,(H,18,19). The molecule has 2 rings (SSSR count). The maximum atomic E-state index is 5.83. The largest absolute Gasteiger partial charge is 0.364 e. The lowest BCUT2D eigenvalue weighted by Gasteiger charge is -2.26. The number of benzene rings is 1. The number of anilines is 1. The van der Waals surface area contributed by atoms with Gasteiger partial charge in [-0.1, -0.05) is 41.9 Å². The highest BCUT2D eigenvalue weighted by molar-refractivity contribution is 6.29. The number of nitrogens with zero attached hydrogens (tertiary/aromatic N) is 2. The summed E-state index contributed by atoms with van der Waals surface area (Å²) in [7, 11) is 0. The van der Waals surface area contributed by atoms with Crippen LogP contribution in [0.15, 0.2) is 42.7 Å². The molecule has 0 bridgehead atoms. The molecule has 3 nitrogen and oxygen atoms in total. The van der Waals surface area contributed by atoms with Crippen molar-refractivity contribution in [2.75, 3.05) is 5.32 Å². The average molecular weight is 276 g/mol. The molecule has 0 unspecified atom stereocenters. The van der Waals surface area contributed by atoms with Gasteiger partial charge in [0.15, 0.2) is 0 Å². The van der Waals surface area contributed by atoms with Crippen molar-refractivity contribution < 1.29 is 0 Å². The van der Waals surface area contributed by atoms with E-state index < -0.39 is 0 Å². The first-order valence-electron chi connectivity index (χ1n) is 6.35. The molecule has 0 amide bonds. The Bertz CT molecular complexity index is 526. The third kappa shape index (κ3) is 4.52. The molecule has 100 valence electrons. The minimum atomic E-state index is -0.0603. The molecular formula is C15H18ClN3. The van der Waals surface area contributed by atoms with Gasteiger partial charge >= 0.3 is 0 Å². The highest BCUT2D eigenvalue weighted by Gasteiger charge is 2.18. The summed E-state index contributed by atoms with van der Waals surface area (Å²) in [6.45, 7) is 4.30. The second-order valence-electron chi connectivity index (χ2n) is 5.22. The van der Waals surface area contributed by atoms with Crippen LogP contribution in [0, 0.1) is 0 Å². The second kappa shape index (κ2) is 6.02. The normalized spacial score (nSPS) is 11.3. The quantitative estimate of drug-likeness (QED) is 0.898. The summed E-state index contributed by atoms with van der Waals surface area (Å²) in [5.74, 6) is 0.713. The first-order chi connectivity index (χ1) is 9.05. The molecule has 2 aromatic rings. The molecule has 1 heterocycles. The third-order valence-corrected chi connectivity index (χ3v) is 3.14. The smallest absolute Gasteiger partial charge is 0.149 e. The van der Waals surface area contributed by atoms with E-state index in [1.54, 1.807) is 6.20 Å². The Balaban J connectivity index is 1.95. The molecule has 0 aliphatic rings. The number of rotatable bonds is 5. The molecule has 0 radical (unpaired) electrons. The predicted molar refractivity (Wildman–Crippen MR) is 79.5 cm³/mol. The first-order valence-corrected chi connectivity index (χ1v) is 6.73. The van der Waals surface area contributed by atoms with Crippen molar-refractivity contribution >= 4 is 17.4 Å². The molecular weight excluding hydrogens is 258 g/mol. The minimum absolute atomic E-state index is 0.0603. The van der Waals surface area contributed by atoms with Gasteiger partial charge in [-0.2, -0.15) is 0 Å². The zero-order valence-corrected chi connectivity index (χ0v) is 12.0. The number of aryl methyl sites for hydroxylation is 1. The highest BCUT2D eigenvalue weighted by atomic mass is 35.5. The maximum absolute atomic E-state index is 5.83. The van der Waals surface area contributed by atoms with Crippen LogP contribution in [0.5, 0.6) is 0 Å². The van der Waals surface area contributed by atoms with Gasteiger partial charge in [-0.15, -0.1) is 0 Å². The van der Waals surface area contributed by atoms with E-state index >= 15 is 0 Å². The maximum Gasteiger partial charge on any atom is 0.149 e. The number of hydrogen-bond donors (Lipinski definition) is 1. The second-order valence-corrected chi connectivity index (χ2v) is 5.61. The van der Waals surface area contributed by atoms with Crippen molar-refractivity contribution in [1.82, 2.24) is 9.97 Å². The highest BCUT2D eigenvalue weighted by Crippen LogP contribution is 2.19. The van der Waals surface area contributed by atoms with Crippen LogP contribution < -0.4 is 5.32 Å². The van der Waals surface area contributed by atoms with Crippen molar-refractivity contribution in [1.29, 1.82) is 0 Å². The summed E-state index contributed by atoms with van der Waals surface area (Å²) in [5.41, 5.74) is 1.28. The van der Waals surface area contributed by atoms with Crippen LogP contribution in [0.3, 0.4) is 0 Å². The van der Waals surface area contributed by atoms with Crippen LogP contribution in [-0.2, 0) is 6.42 Å². The molecule has 0 saturated carbocycles. The summed E-state index contributed by atoms with van der Waals surface area (Å²) >= 11 is 5.83. The van der Waals surface area contributed by atoms with Gasteiger partial charge in [-0.25, -0.2) is 4.98 Å². The van der Waals surface area contributed by atoms with E-state index in [1.807, 2.05) is 6.07 Å². The molecule has 0 saturated heterocycles. The SMILES string of the molecule is CC(C)(CCc1ccccc1)Nc1cncc(Cl)n1. The first kappa shape index (κ1) is 13.8. The van der Waals surface area contributed by atoms with Gasteiger partial charge in [-0.3, -0.25) is 4.98 Å². The Morgan fingerprint density at radius 1 is 1.16 bits per heavy atom. The Labute approximate surface area is 119 Å². The fourth-order valence-corrected chi connectivity index (χ4v) is 2.06. The van der Waals surface area contributed by atoms with Gasteiger partial charge < -0.3 is 5.32 Å². The Kier molecular flexibility index (Phi) is 4.38. The van der Waals surface area contributed by atoms with Crippen LogP contribution in [0.2, 0.25) is 5.15 Å². The van der Waals surface area contributed by atoms with Gasteiger partial charge in [0.05, 0.1) is 12.4 Å². The molecule has 0 spiro atoms. The monoisotopic (exact) mass is 275 g/mol. The van der Waals surface area contributed by atoms with Crippen LogP contribution in [-0.4, -0.2) is 15.5 Å². The molecule has 0 aliphatic heterocycles. The zero-order chi connectivity index (χ0) is 13.7. The van der Waals surface area contributed by atoms with E-state index in [0.29, 0.717) is 11.0 Å². The third-order valence-electron chi connectivity index (χ3n) is 2.95. The van der Waals surface area contributed by atoms with Crippen LogP contribution in [0.4, 0.5) is 5.82 Å². The lowest BCUT2D eigenvalue weighted by molar-refractivity contribution is 0.516. The number of halogens is 1. The predicted octanol–water partition coefficient (Wildman–Crippen LogP) is 3.95. The van der Waals surface area contributed by atoms with E-state index in [1.165, 1.54) is 11.8 Å². The van der Waals surface area contributed by atoms with E-state index in [-0.39, 0.29) is 5.54 Å². The zero-order valence-electron chi connectivity index (χ0n) is 11.2. The number of hydrogen-bond acceptors (Lipinski definition) is 3. The van der Waals surface area contributed by atoms with Crippen LogP contribution in [0.1, 0.15) is 25.8 Å². The van der Waals surface area contributed by atoms with E-state index in [4.69, 9.17) is 11.6 Å². The summed E-state index contributed by atoms with van der Waals surface area (Å²) in [5, 5.41) is 3.78. The lowest BCUT2D eigenvalue weighted by atomic mass is 9.95. The Morgan fingerprint density at radius 2 is 1.89 bits per heavy atom. The van der Waals surface area contributed by atoms with Gasteiger partial charge in [0.2, 0.25) is 0 Å². The molecule has 1 N–H and O–H groups in total. The fourth-order valence-electron chi connectivity index (χ4n) is 1.91. The van der Waals surface area contributed by atoms with Crippen molar-refractivity contribution in [2.45, 2.75) is 32.2 Å². The molecule has 1 aromatic carbocycles. The van der Waals surface area contributed by atoms with Crippen molar-refractivity contribution in [3.05, 3.63) is 53.4 Å². The lowest BCUT2D eigenvalue weighted by Crippen LogP contribution is -2.32. The fraction of sp³-hybridized carbons (Fsp3) is 0.333. The van der Waals surface area contributed by atoms with Crippen LogP contribution >= 0.6 is 11.6 Å². The van der Waals surface area contributed by atoms with E-state index in [2.05, 4.69) is 53.4 Å². The van der Waals surface area contributed by atoms with E-state index in [9.17, 15) is 0 Å². The number of aromatic nitrogens is 2. The van der Waals surface area contributed by atoms with Crippen molar-refractivity contribution in [2.24, 2.45) is 0 Å². The average Bonchev–Trinajstić information content (AvgIpc) is 2.37. The molecule has 0 atom stereocenters. The van der Waals surface area contributed by atoms with Gasteiger partial charge in [0, 0.05) is 5.54 Å². The Hall–Kier alpha value is -1.61. The molecule has 0 fully saturated rings. The molecule has 1 aromatic heterocycles. The summed E-state index contributed by atoms with van der Waals surface area (Å²) in [6, 6.07) is 10.5. The van der Waals surface area contributed by atoms with Gasteiger partial charge in [0.1, 0.15) is 11.0 Å². The topological polar surface area (TPSA) is 37.8 Å². The summed E-state index contributed by atoms with van der Waals surface area (Å²) in [4.78, 5) is 8.23.